The third-order valence-electron chi connectivity index (χ3n) is 14.1. The number of hydrogen-bond donors (Lipinski definition) is 0. The lowest BCUT2D eigenvalue weighted by Crippen LogP contribution is -2.30. The largest absolute Gasteiger partial charge is 0.462 e. The molecule has 0 aliphatic heterocycles. The van der Waals surface area contributed by atoms with Crippen LogP contribution in [-0.2, 0) is 28.6 Å². The number of rotatable bonds is 59. The summed E-state index contributed by atoms with van der Waals surface area (Å²) in [6, 6.07) is 0. The number of hydrogen-bond acceptors (Lipinski definition) is 6. The summed E-state index contributed by atoms with van der Waals surface area (Å²) in [6.45, 7) is 6.49. The molecule has 0 aromatic rings. The first-order chi connectivity index (χ1) is 37.5. The Kier molecular flexibility index (Phi) is 61.2. The average Bonchev–Trinajstić information content (AvgIpc) is 3.42. The van der Waals surface area contributed by atoms with Gasteiger partial charge in [0.05, 0.1) is 0 Å². The second-order valence-electron chi connectivity index (χ2n) is 21.6. The first-order valence-corrected chi connectivity index (χ1v) is 32.6. The van der Waals surface area contributed by atoms with Crippen LogP contribution in [0.2, 0.25) is 0 Å². The zero-order chi connectivity index (χ0) is 55.0. The highest BCUT2D eigenvalue weighted by Crippen LogP contribution is 2.17. The molecule has 438 valence electrons. The van der Waals surface area contributed by atoms with Gasteiger partial charge in [-0.1, -0.05) is 298 Å². The molecule has 0 aliphatic rings. The van der Waals surface area contributed by atoms with Crippen molar-refractivity contribution < 1.29 is 28.6 Å². The smallest absolute Gasteiger partial charge is 0.306 e. The molecule has 0 saturated heterocycles. The molecule has 0 aromatic heterocycles. The normalized spacial score (nSPS) is 12.6. The van der Waals surface area contributed by atoms with Gasteiger partial charge in [0.25, 0.3) is 0 Å². The number of esters is 3. The molecule has 0 rings (SSSR count). The molecule has 0 aliphatic carbocycles. The van der Waals surface area contributed by atoms with Crippen LogP contribution in [-0.4, -0.2) is 37.2 Å². The quantitative estimate of drug-likeness (QED) is 0.0261. The summed E-state index contributed by atoms with van der Waals surface area (Å²) in [4.78, 5) is 38.3. The van der Waals surface area contributed by atoms with Crippen LogP contribution in [0.3, 0.4) is 0 Å². The van der Waals surface area contributed by atoms with Gasteiger partial charge < -0.3 is 14.2 Å². The van der Waals surface area contributed by atoms with Gasteiger partial charge in [0, 0.05) is 19.3 Å². The van der Waals surface area contributed by atoms with E-state index in [1.54, 1.807) is 0 Å². The van der Waals surface area contributed by atoms with E-state index < -0.39 is 6.10 Å². The van der Waals surface area contributed by atoms with Crippen molar-refractivity contribution in [1.29, 1.82) is 0 Å². The summed E-state index contributed by atoms with van der Waals surface area (Å²) in [6.07, 6.45) is 84.5. The first-order valence-electron chi connectivity index (χ1n) is 32.6. The molecule has 0 radical (unpaired) electrons. The molecule has 1 atom stereocenters. The maximum Gasteiger partial charge on any atom is 0.306 e. The Morgan fingerprint density at radius 2 is 0.539 bits per heavy atom. The number of allylic oxidation sites excluding steroid dienone is 14. The van der Waals surface area contributed by atoms with Gasteiger partial charge in [0.2, 0.25) is 0 Å². The molecular weight excluding hydrogens is 937 g/mol. The Bertz CT molecular complexity index is 1450. The fourth-order valence-electron chi connectivity index (χ4n) is 9.27. The minimum atomic E-state index is -0.784. The SMILES string of the molecule is CC/C=C\C/C=C\C/C=C\C/C=C\C/C=C\CCCCCCCCCCCC(=O)OCC(COC(=O)CCCCCCC/C=C\C/C=C\CCC)OC(=O)CCCCCCCCCCCCCCCCCCCCCC. The number of unbranched alkanes of at least 4 members (excludes halogenated alkanes) is 34. The van der Waals surface area contributed by atoms with E-state index in [0.717, 1.165) is 122 Å². The van der Waals surface area contributed by atoms with Crippen LogP contribution in [0.5, 0.6) is 0 Å². The van der Waals surface area contributed by atoms with Crippen molar-refractivity contribution in [3.8, 4) is 0 Å². The summed E-state index contributed by atoms with van der Waals surface area (Å²) < 4.78 is 16.9. The van der Waals surface area contributed by atoms with Crippen LogP contribution in [0, 0.1) is 0 Å². The number of ether oxygens (including phenoxy) is 3. The van der Waals surface area contributed by atoms with E-state index in [1.807, 2.05) is 0 Å². The van der Waals surface area contributed by atoms with Crippen LogP contribution in [0.4, 0.5) is 0 Å². The lowest BCUT2D eigenvalue weighted by molar-refractivity contribution is -0.167. The monoisotopic (exact) mass is 1060 g/mol. The van der Waals surface area contributed by atoms with E-state index in [9.17, 15) is 14.4 Å². The Morgan fingerprint density at radius 1 is 0.276 bits per heavy atom. The summed E-state index contributed by atoms with van der Waals surface area (Å²) in [5.74, 6) is -0.886. The second kappa shape index (κ2) is 64.1. The van der Waals surface area contributed by atoms with Gasteiger partial charge in [-0.15, -0.1) is 0 Å². The summed E-state index contributed by atoms with van der Waals surface area (Å²) in [5, 5.41) is 0. The van der Waals surface area contributed by atoms with E-state index >= 15 is 0 Å². The highest BCUT2D eigenvalue weighted by Gasteiger charge is 2.19. The van der Waals surface area contributed by atoms with Crippen molar-refractivity contribution in [3.05, 3.63) is 85.1 Å². The Morgan fingerprint density at radius 3 is 0.855 bits per heavy atom. The zero-order valence-electron chi connectivity index (χ0n) is 50.3. The number of carbonyl (C=O) groups is 3. The molecule has 0 fully saturated rings. The molecule has 6 nitrogen and oxygen atoms in total. The van der Waals surface area contributed by atoms with E-state index in [1.165, 1.54) is 161 Å². The van der Waals surface area contributed by atoms with Crippen LogP contribution in [0.1, 0.15) is 323 Å². The topological polar surface area (TPSA) is 78.9 Å². The molecule has 0 bridgehead atoms. The fourth-order valence-corrected chi connectivity index (χ4v) is 9.27. The Hall–Kier alpha value is -3.41. The molecule has 0 aromatic carbocycles. The zero-order valence-corrected chi connectivity index (χ0v) is 50.3. The van der Waals surface area contributed by atoms with Crippen molar-refractivity contribution in [1.82, 2.24) is 0 Å². The van der Waals surface area contributed by atoms with Gasteiger partial charge in [-0.25, -0.2) is 0 Å². The molecule has 0 spiro atoms. The van der Waals surface area contributed by atoms with Gasteiger partial charge in [-0.2, -0.15) is 0 Å². The van der Waals surface area contributed by atoms with Crippen LogP contribution < -0.4 is 0 Å². The fraction of sp³-hybridized carbons (Fsp3) is 0.757. The van der Waals surface area contributed by atoms with Crippen LogP contribution in [0.25, 0.3) is 0 Å². The average molecular weight is 1060 g/mol. The van der Waals surface area contributed by atoms with Gasteiger partial charge >= 0.3 is 17.9 Å². The molecule has 76 heavy (non-hydrogen) atoms. The van der Waals surface area contributed by atoms with Gasteiger partial charge in [-0.05, 0) is 89.9 Å². The van der Waals surface area contributed by atoms with E-state index in [-0.39, 0.29) is 31.1 Å². The molecule has 0 saturated carbocycles. The second-order valence-corrected chi connectivity index (χ2v) is 21.6. The van der Waals surface area contributed by atoms with Crippen molar-refractivity contribution >= 4 is 17.9 Å². The minimum absolute atomic E-state index is 0.0817. The standard InChI is InChI=1S/C70H122O6/c1-4-7-10-13-16-19-22-25-27-29-31-33-34-35-36-37-39-40-42-45-48-51-54-57-60-63-69(72)75-66-67(65-74-68(71)62-59-56-53-50-47-44-24-21-18-15-12-9-6-3)76-70(73)64-61-58-55-52-49-46-43-41-38-32-30-28-26-23-20-17-14-11-8-5-2/h7,10,12,15-16,19,21,24-25,27,31,33,35-36,67H,4-6,8-9,11,13-14,17-18,20,22-23,26,28-30,32,34,37-66H2,1-3H3/b10-7-,15-12-,19-16-,24-21-,27-25-,33-31-,36-35-. The molecular formula is C70H122O6. The maximum atomic E-state index is 12.9. The van der Waals surface area contributed by atoms with Gasteiger partial charge in [0.1, 0.15) is 13.2 Å². The van der Waals surface area contributed by atoms with E-state index in [0.29, 0.717) is 19.3 Å². The predicted octanol–water partition coefficient (Wildman–Crippen LogP) is 22.3. The van der Waals surface area contributed by atoms with Crippen LogP contribution in [0.15, 0.2) is 85.1 Å². The van der Waals surface area contributed by atoms with Crippen molar-refractivity contribution in [2.24, 2.45) is 0 Å². The highest BCUT2D eigenvalue weighted by molar-refractivity contribution is 5.71. The molecule has 0 heterocycles. The maximum absolute atomic E-state index is 12.9. The Balaban J connectivity index is 4.31. The van der Waals surface area contributed by atoms with E-state index in [2.05, 4.69) is 106 Å². The lowest BCUT2D eigenvalue weighted by atomic mass is 10.0. The highest BCUT2D eigenvalue weighted by atomic mass is 16.6. The Labute approximate surface area is 471 Å². The lowest BCUT2D eigenvalue weighted by Gasteiger charge is -2.18. The molecule has 0 amide bonds. The third-order valence-corrected chi connectivity index (χ3v) is 14.1. The summed E-state index contributed by atoms with van der Waals surface area (Å²) >= 11 is 0. The third kappa shape index (κ3) is 61.4. The predicted molar refractivity (Wildman–Crippen MR) is 330 cm³/mol. The molecule has 0 N–H and O–H groups in total. The molecule has 6 heteroatoms. The van der Waals surface area contributed by atoms with Gasteiger partial charge in [0.15, 0.2) is 6.10 Å². The molecule has 1 unspecified atom stereocenters. The first kappa shape index (κ1) is 72.6. The minimum Gasteiger partial charge on any atom is -0.462 e. The van der Waals surface area contributed by atoms with Crippen LogP contribution >= 0.6 is 0 Å². The van der Waals surface area contributed by atoms with Gasteiger partial charge in [-0.3, -0.25) is 14.4 Å². The van der Waals surface area contributed by atoms with E-state index in [4.69, 9.17) is 14.2 Å². The van der Waals surface area contributed by atoms with Crippen molar-refractivity contribution in [2.75, 3.05) is 13.2 Å². The van der Waals surface area contributed by atoms with Crippen molar-refractivity contribution in [3.63, 3.8) is 0 Å². The number of carbonyl (C=O) groups excluding carboxylic acids is 3. The summed E-state index contributed by atoms with van der Waals surface area (Å²) in [7, 11) is 0. The summed E-state index contributed by atoms with van der Waals surface area (Å²) in [5.41, 5.74) is 0. The van der Waals surface area contributed by atoms with Crippen molar-refractivity contribution in [2.45, 2.75) is 329 Å².